The van der Waals surface area contributed by atoms with E-state index in [1.165, 1.54) is 0 Å². The van der Waals surface area contributed by atoms with Crippen molar-refractivity contribution in [3.05, 3.63) is 70.2 Å². The van der Waals surface area contributed by atoms with E-state index in [4.69, 9.17) is 9.26 Å². The Morgan fingerprint density at radius 2 is 1.92 bits per heavy atom. The molecule has 26 heavy (non-hydrogen) atoms. The largest absolute Gasteiger partial charge is 0.380 e. The molecule has 1 N–H and O–H groups in total. The van der Waals surface area contributed by atoms with E-state index in [1.807, 2.05) is 61.7 Å². The van der Waals surface area contributed by atoms with Crippen LogP contribution in [0.15, 0.2) is 40.9 Å². The Balaban J connectivity index is 1.79. The Hall–Kier alpha value is -2.86. The molecule has 0 saturated heterocycles. The number of methoxy groups -OCH3 is 1. The minimum absolute atomic E-state index is 0.114. The number of nitrogens with zero attached hydrogens (tertiary/aromatic N) is 2. The summed E-state index contributed by atoms with van der Waals surface area (Å²) in [5, 5.41) is 7.05. The fraction of sp³-hybridized carbons (Fsp3) is 0.300. The van der Waals surface area contributed by atoms with Crippen molar-refractivity contribution in [1.82, 2.24) is 15.0 Å². The molecule has 3 aromatic rings. The van der Waals surface area contributed by atoms with Gasteiger partial charge in [-0.1, -0.05) is 29.4 Å². The summed E-state index contributed by atoms with van der Waals surface area (Å²) in [6.07, 6.45) is 0. The first-order valence-corrected chi connectivity index (χ1v) is 8.47. The van der Waals surface area contributed by atoms with Gasteiger partial charge >= 0.3 is 0 Å². The Labute approximate surface area is 152 Å². The molecule has 2 aromatic heterocycles. The molecular weight excluding hydrogens is 330 g/mol. The summed E-state index contributed by atoms with van der Waals surface area (Å²) in [6, 6.07) is 11.6. The summed E-state index contributed by atoms with van der Waals surface area (Å²) in [7, 11) is 1.66. The number of aromatic nitrogens is 2. The number of carbonyl (C=O) groups excluding carboxylic acids is 1. The fourth-order valence-corrected chi connectivity index (χ4v) is 3.10. The molecule has 136 valence electrons. The van der Waals surface area contributed by atoms with Crippen LogP contribution in [0.1, 0.15) is 38.6 Å². The lowest BCUT2D eigenvalue weighted by molar-refractivity contribution is 0.0950. The van der Waals surface area contributed by atoms with Crippen molar-refractivity contribution in [1.29, 1.82) is 0 Å². The SMILES string of the molecule is COCc1ccccc1CNC(=O)c1cc(C)n(-c2cc(C)on2)c1C. The van der Waals surface area contributed by atoms with Crippen molar-refractivity contribution in [2.75, 3.05) is 7.11 Å². The highest BCUT2D eigenvalue weighted by molar-refractivity contribution is 5.95. The summed E-state index contributed by atoms with van der Waals surface area (Å²) >= 11 is 0. The lowest BCUT2D eigenvalue weighted by Crippen LogP contribution is -2.24. The van der Waals surface area contributed by atoms with E-state index in [2.05, 4.69) is 10.5 Å². The number of nitrogens with one attached hydrogen (secondary N) is 1. The summed E-state index contributed by atoms with van der Waals surface area (Å²) in [6.45, 7) is 6.67. The Bertz CT molecular complexity index is 924. The molecule has 0 aliphatic heterocycles. The van der Waals surface area contributed by atoms with Crippen LogP contribution in [-0.2, 0) is 17.9 Å². The number of rotatable bonds is 6. The van der Waals surface area contributed by atoms with Crippen LogP contribution in [0.25, 0.3) is 5.82 Å². The maximum Gasteiger partial charge on any atom is 0.253 e. The maximum absolute atomic E-state index is 12.7. The van der Waals surface area contributed by atoms with Gasteiger partial charge < -0.3 is 14.6 Å². The number of carbonyl (C=O) groups is 1. The smallest absolute Gasteiger partial charge is 0.253 e. The molecule has 1 amide bonds. The molecule has 0 aliphatic rings. The summed E-state index contributed by atoms with van der Waals surface area (Å²) in [5.41, 5.74) is 4.51. The standard InChI is InChI=1S/C20H23N3O3/c1-13-9-18(15(3)23(13)19-10-14(2)26-22-19)20(24)21-11-16-7-5-6-8-17(16)12-25-4/h5-10H,11-12H2,1-4H3,(H,21,24). The molecule has 0 fully saturated rings. The monoisotopic (exact) mass is 353 g/mol. The summed E-state index contributed by atoms with van der Waals surface area (Å²) in [4.78, 5) is 12.7. The second-order valence-corrected chi connectivity index (χ2v) is 6.30. The lowest BCUT2D eigenvalue weighted by Gasteiger charge is -2.10. The molecule has 0 aliphatic carbocycles. The van der Waals surface area contributed by atoms with Gasteiger partial charge in [0.25, 0.3) is 5.91 Å². The molecule has 2 heterocycles. The summed E-state index contributed by atoms with van der Waals surface area (Å²) in [5.74, 6) is 1.30. The van der Waals surface area contributed by atoms with Gasteiger partial charge in [0, 0.05) is 31.1 Å². The first-order valence-electron chi connectivity index (χ1n) is 8.47. The van der Waals surface area contributed by atoms with Crippen LogP contribution >= 0.6 is 0 Å². The van der Waals surface area contributed by atoms with Gasteiger partial charge in [0.05, 0.1) is 12.2 Å². The quantitative estimate of drug-likeness (QED) is 0.737. The van der Waals surface area contributed by atoms with Crippen molar-refractivity contribution >= 4 is 5.91 Å². The fourth-order valence-electron chi connectivity index (χ4n) is 3.10. The number of ether oxygens (including phenoxy) is 1. The molecule has 0 atom stereocenters. The van der Waals surface area contributed by atoms with E-state index >= 15 is 0 Å². The zero-order valence-corrected chi connectivity index (χ0v) is 15.5. The second-order valence-electron chi connectivity index (χ2n) is 6.30. The van der Waals surface area contributed by atoms with Crippen LogP contribution in [0, 0.1) is 20.8 Å². The normalized spacial score (nSPS) is 10.9. The van der Waals surface area contributed by atoms with Crippen molar-refractivity contribution in [3.63, 3.8) is 0 Å². The molecule has 0 spiro atoms. The highest BCUT2D eigenvalue weighted by Gasteiger charge is 2.18. The Morgan fingerprint density at radius 3 is 2.58 bits per heavy atom. The van der Waals surface area contributed by atoms with Gasteiger partial charge in [-0.05, 0) is 38.0 Å². The van der Waals surface area contributed by atoms with Gasteiger partial charge in [-0.15, -0.1) is 0 Å². The van der Waals surface area contributed by atoms with Crippen LogP contribution in [0.2, 0.25) is 0 Å². The summed E-state index contributed by atoms with van der Waals surface area (Å²) < 4.78 is 12.3. The van der Waals surface area contributed by atoms with Gasteiger partial charge in [0.1, 0.15) is 5.76 Å². The Morgan fingerprint density at radius 1 is 1.19 bits per heavy atom. The molecule has 6 heteroatoms. The first-order chi connectivity index (χ1) is 12.5. The minimum Gasteiger partial charge on any atom is -0.380 e. The van der Waals surface area contributed by atoms with Crippen LogP contribution < -0.4 is 5.32 Å². The third-order valence-electron chi connectivity index (χ3n) is 4.38. The number of amides is 1. The second kappa shape index (κ2) is 7.58. The van der Waals surface area contributed by atoms with E-state index in [0.29, 0.717) is 24.5 Å². The minimum atomic E-state index is -0.114. The van der Waals surface area contributed by atoms with E-state index in [-0.39, 0.29) is 5.91 Å². The van der Waals surface area contributed by atoms with E-state index in [9.17, 15) is 4.79 Å². The van der Waals surface area contributed by atoms with Crippen LogP contribution in [-0.4, -0.2) is 22.7 Å². The van der Waals surface area contributed by atoms with Crippen LogP contribution in [0.4, 0.5) is 0 Å². The number of aryl methyl sites for hydroxylation is 2. The van der Waals surface area contributed by atoms with Gasteiger partial charge in [0.2, 0.25) is 0 Å². The van der Waals surface area contributed by atoms with E-state index < -0.39 is 0 Å². The van der Waals surface area contributed by atoms with Gasteiger partial charge in [-0.3, -0.25) is 9.36 Å². The lowest BCUT2D eigenvalue weighted by atomic mass is 10.1. The zero-order valence-electron chi connectivity index (χ0n) is 15.5. The van der Waals surface area contributed by atoms with E-state index in [1.54, 1.807) is 7.11 Å². The van der Waals surface area contributed by atoms with Gasteiger partial charge in [0.15, 0.2) is 5.82 Å². The van der Waals surface area contributed by atoms with Crippen LogP contribution in [0.3, 0.4) is 0 Å². The van der Waals surface area contributed by atoms with Crippen molar-refractivity contribution in [2.24, 2.45) is 0 Å². The topological polar surface area (TPSA) is 69.3 Å². The molecule has 0 saturated carbocycles. The third kappa shape index (κ3) is 3.55. The highest BCUT2D eigenvalue weighted by atomic mass is 16.5. The number of hydrogen-bond donors (Lipinski definition) is 1. The molecule has 6 nitrogen and oxygen atoms in total. The average Bonchev–Trinajstić information content (AvgIpc) is 3.16. The van der Waals surface area contributed by atoms with Crippen molar-refractivity contribution < 1.29 is 14.1 Å². The van der Waals surface area contributed by atoms with Gasteiger partial charge in [-0.25, -0.2) is 0 Å². The molecule has 0 radical (unpaired) electrons. The molecule has 0 bridgehead atoms. The third-order valence-corrected chi connectivity index (χ3v) is 4.38. The predicted octanol–water partition coefficient (Wildman–Crippen LogP) is 3.47. The molecule has 1 aromatic carbocycles. The van der Waals surface area contributed by atoms with E-state index in [0.717, 1.165) is 28.3 Å². The number of hydrogen-bond acceptors (Lipinski definition) is 4. The molecule has 0 unspecified atom stereocenters. The predicted molar refractivity (Wildman–Crippen MR) is 98.4 cm³/mol. The maximum atomic E-state index is 12.7. The van der Waals surface area contributed by atoms with Gasteiger partial charge in [-0.2, -0.15) is 0 Å². The zero-order chi connectivity index (χ0) is 18.7. The Kier molecular flexibility index (Phi) is 5.23. The van der Waals surface area contributed by atoms with Crippen molar-refractivity contribution in [3.8, 4) is 5.82 Å². The first kappa shape index (κ1) is 17.9. The van der Waals surface area contributed by atoms with Crippen molar-refractivity contribution in [2.45, 2.75) is 33.9 Å². The highest BCUT2D eigenvalue weighted by Crippen LogP contribution is 2.21. The average molecular weight is 353 g/mol. The number of benzene rings is 1. The molecule has 3 rings (SSSR count). The molecular formula is C20H23N3O3. The van der Waals surface area contributed by atoms with Crippen LogP contribution in [0.5, 0.6) is 0 Å².